The van der Waals surface area contributed by atoms with Crippen LogP contribution >= 0.6 is 11.8 Å². The maximum Gasteiger partial charge on any atom is 0.356 e. The second kappa shape index (κ2) is 5.69. The maximum absolute atomic E-state index is 14.4. The van der Waals surface area contributed by atoms with Gasteiger partial charge in [-0.25, -0.2) is 4.79 Å². The van der Waals surface area contributed by atoms with Gasteiger partial charge in [0.1, 0.15) is 11.7 Å². The monoisotopic (exact) mass is 339 g/mol. The van der Waals surface area contributed by atoms with Crippen molar-refractivity contribution >= 4 is 23.5 Å². The van der Waals surface area contributed by atoms with Crippen molar-refractivity contribution in [3.63, 3.8) is 0 Å². The van der Waals surface area contributed by atoms with E-state index in [2.05, 4.69) is 4.74 Å². The number of hydrogen-bond donors (Lipinski definition) is 0. The molecule has 0 aromatic carbocycles. The summed E-state index contributed by atoms with van der Waals surface area (Å²) < 4.78 is 38.4. The van der Waals surface area contributed by atoms with E-state index >= 15 is 0 Å². The number of nitrogens with zero attached hydrogens (tertiary/aromatic N) is 1. The van der Waals surface area contributed by atoms with Gasteiger partial charge in [0.25, 0.3) is 0 Å². The summed E-state index contributed by atoms with van der Waals surface area (Å²) in [7, 11) is 1.13. The number of carbonyl (C=O) groups excluding carboxylic acids is 2. The third kappa shape index (κ3) is 2.59. The fourth-order valence-corrected chi connectivity index (χ4v) is 3.38. The lowest BCUT2D eigenvalue weighted by atomic mass is 10.1. The van der Waals surface area contributed by atoms with Crippen LogP contribution in [0.15, 0.2) is 57.8 Å². The standard InChI is InChI=1S/C15H11F2NO4S/c1-21-14(20)11-13(12(19)9-5-4-8-22-9)23-15(16,17)10-6-2-3-7-18(10)11/h2-8,10H,1H3. The molecule has 3 heterocycles. The summed E-state index contributed by atoms with van der Waals surface area (Å²) in [5.41, 5.74) is -0.226. The molecule has 0 spiro atoms. The topological polar surface area (TPSA) is 59.8 Å². The first-order chi connectivity index (χ1) is 11.0. The Balaban J connectivity index is 2.16. The Hall–Kier alpha value is -2.35. The predicted octanol–water partition coefficient (Wildman–Crippen LogP) is 2.94. The van der Waals surface area contributed by atoms with Crippen LogP contribution in [0.1, 0.15) is 10.6 Å². The predicted molar refractivity (Wildman–Crippen MR) is 78.5 cm³/mol. The zero-order valence-electron chi connectivity index (χ0n) is 11.9. The number of rotatable bonds is 3. The minimum atomic E-state index is -3.30. The molecule has 0 saturated heterocycles. The van der Waals surface area contributed by atoms with Gasteiger partial charge in [0.15, 0.2) is 5.76 Å². The Bertz CT molecular complexity index is 737. The first kappa shape index (κ1) is 15.5. The normalized spacial score (nSPS) is 22.0. The molecule has 0 N–H and O–H groups in total. The van der Waals surface area contributed by atoms with Gasteiger partial charge in [0.2, 0.25) is 5.78 Å². The number of furan rings is 1. The SMILES string of the molecule is COC(=O)C1=C(C(=O)c2ccco2)SC(F)(F)C2C=CC=CN12. The smallest absolute Gasteiger partial charge is 0.356 e. The Labute approximate surface area is 134 Å². The number of Topliss-reactive ketones (excluding diaryl/α,β-unsaturated/α-hetero) is 1. The largest absolute Gasteiger partial charge is 0.464 e. The van der Waals surface area contributed by atoms with Crippen LogP contribution in [-0.4, -0.2) is 35.1 Å². The number of fused-ring (bicyclic) bond motifs is 1. The van der Waals surface area contributed by atoms with E-state index in [9.17, 15) is 18.4 Å². The van der Waals surface area contributed by atoms with E-state index in [-0.39, 0.29) is 23.2 Å². The number of alkyl halides is 2. The lowest BCUT2D eigenvalue weighted by Gasteiger charge is -2.40. The molecule has 2 aliphatic rings. The summed E-state index contributed by atoms with van der Waals surface area (Å²) in [4.78, 5) is 25.2. The molecule has 0 fully saturated rings. The molecule has 120 valence electrons. The molecule has 3 rings (SSSR count). The number of esters is 1. The summed E-state index contributed by atoms with van der Waals surface area (Å²) in [5, 5.41) is -3.30. The van der Waals surface area contributed by atoms with E-state index in [0.717, 1.165) is 12.0 Å². The molecule has 1 unspecified atom stereocenters. The van der Waals surface area contributed by atoms with Gasteiger partial charge < -0.3 is 14.1 Å². The molecule has 8 heteroatoms. The molecule has 1 aromatic rings. The molecule has 0 aliphatic carbocycles. The zero-order chi connectivity index (χ0) is 16.6. The molecule has 2 aliphatic heterocycles. The van der Waals surface area contributed by atoms with Crippen LogP contribution in [0.5, 0.6) is 0 Å². The van der Waals surface area contributed by atoms with Crippen LogP contribution in [-0.2, 0) is 9.53 Å². The van der Waals surface area contributed by atoms with Crippen LogP contribution < -0.4 is 0 Å². The Kier molecular flexibility index (Phi) is 3.85. The molecule has 1 atom stereocenters. The number of ketones is 1. The second-order valence-corrected chi connectivity index (χ2v) is 5.87. The number of methoxy groups -OCH3 is 1. The summed E-state index contributed by atoms with van der Waals surface area (Å²) in [6.45, 7) is 0. The van der Waals surface area contributed by atoms with Gasteiger partial charge in [0, 0.05) is 6.20 Å². The fraction of sp³-hybridized carbons (Fsp3) is 0.200. The molecule has 0 radical (unpaired) electrons. The van der Waals surface area contributed by atoms with Gasteiger partial charge in [-0.05, 0) is 30.0 Å². The quantitative estimate of drug-likeness (QED) is 0.623. The minimum Gasteiger partial charge on any atom is -0.464 e. The van der Waals surface area contributed by atoms with Crippen molar-refractivity contribution in [1.82, 2.24) is 4.90 Å². The van der Waals surface area contributed by atoms with E-state index in [1.165, 1.54) is 42.8 Å². The number of carbonyl (C=O) groups is 2. The molecule has 0 saturated carbocycles. The van der Waals surface area contributed by atoms with E-state index in [1.807, 2.05) is 0 Å². The highest BCUT2D eigenvalue weighted by Gasteiger charge is 2.52. The first-order valence-corrected chi connectivity index (χ1v) is 7.38. The van der Waals surface area contributed by atoms with Crippen molar-refractivity contribution in [2.45, 2.75) is 11.3 Å². The summed E-state index contributed by atoms with van der Waals surface area (Å²) in [5.74, 6) is -1.78. The highest BCUT2D eigenvalue weighted by Crippen LogP contribution is 2.49. The Morgan fingerprint density at radius 1 is 1.39 bits per heavy atom. The van der Waals surface area contributed by atoms with Crippen molar-refractivity contribution in [2.24, 2.45) is 0 Å². The summed E-state index contributed by atoms with van der Waals surface area (Å²) >= 11 is 0.0416. The average molecular weight is 339 g/mol. The second-order valence-electron chi connectivity index (χ2n) is 4.72. The molecule has 1 aromatic heterocycles. The van der Waals surface area contributed by atoms with Crippen LogP contribution in [0.25, 0.3) is 0 Å². The van der Waals surface area contributed by atoms with Crippen LogP contribution in [0.3, 0.4) is 0 Å². The van der Waals surface area contributed by atoms with Crippen molar-refractivity contribution in [3.8, 4) is 0 Å². The molecule has 23 heavy (non-hydrogen) atoms. The zero-order valence-corrected chi connectivity index (χ0v) is 12.7. The molecule has 0 amide bonds. The highest BCUT2D eigenvalue weighted by atomic mass is 32.2. The number of thioether (sulfide) groups is 1. The van der Waals surface area contributed by atoms with E-state index < -0.39 is 28.0 Å². The van der Waals surface area contributed by atoms with Crippen molar-refractivity contribution in [2.75, 3.05) is 7.11 Å². The van der Waals surface area contributed by atoms with E-state index in [0.29, 0.717) is 0 Å². The van der Waals surface area contributed by atoms with Gasteiger partial charge in [-0.2, -0.15) is 8.78 Å². The fourth-order valence-electron chi connectivity index (χ4n) is 2.32. The summed E-state index contributed by atoms with van der Waals surface area (Å²) in [6.07, 6.45) is 6.80. The van der Waals surface area contributed by atoms with Crippen LogP contribution in [0.4, 0.5) is 8.78 Å². The minimum absolute atomic E-state index is 0.0416. The Morgan fingerprint density at radius 2 is 2.17 bits per heavy atom. The van der Waals surface area contributed by atoms with Gasteiger partial charge in [0.05, 0.1) is 18.3 Å². The number of allylic oxidation sites excluding steroid dienone is 3. The lowest BCUT2D eigenvalue weighted by molar-refractivity contribution is -0.138. The molecular formula is C15H11F2NO4S. The van der Waals surface area contributed by atoms with Crippen molar-refractivity contribution in [1.29, 1.82) is 0 Å². The van der Waals surface area contributed by atoms with Gasteiger partial charge in [-0.1, -0.05) is 12.2 Å². The molecule has 0 bridgehead atoms. The lowest BCUT2D eigenvalue weighted by Crippen LogP contribution is -2.48. The average Bonchev–Trinajstić information content (AvgIpc) is 3.07. The van der Waals surface area contributed by atoms with Gasteiger partial charge in [-0.3, -0.25) is 4.79 Å². The summed E-state index contributed by atoms with van der Waals surface area (Å²) in [6, 6.07) is 1.43. The van der Waals surface area contributed by atoms with Crippen LogP contribution in [0, 0.1) is 0 Å². The van der Waals surface area contributed by atoms with Crippen LogP contribution in [0.2, 0.25) is 0 Å². The molecule has 5 nitrogen and oxygen atoms in total. The van der Waals surface area contributed by atoms with E-state index in [4.69, 9.17) is 4.42 Å². The third-order valence-corrected chi connectivity index (χ3v) is 4.43. The van der Waals surface area contributed by atoms with Crippen molar-refractivity contribution in [3.05, 3.63) is 59.2 Å². The number of halogens is 2. The van der Waals surface area contributed by atoms with Gasteiger partial charge in [-0.15, -0.1) is 0 Å². The first-order valence-electron chi connectivity index (χ1n) is 6.56. The van der Waals surface area contributed by atoms with Gasteiger partial charge >= 0.3 is 11.2 Å². The third-order valence-electron chi connectivity index (χ3n) is 3.34. The Morgan fingerprint density at radius 3 is 2.83 bits per heavy atom. The highest BCUT2D eigenvalue weighted by molar-refractivity contribution is 8.05. The molecular weight excluding hydrogens is 328 g/mol. The number of ether oxygens (including phenoxy) is 1. The van der Waals surface area contributed by atoms with E-state index in [1.54, 1.807) is 0 Å². The van der Waals surface area contributed by atoms with Crippen molar-refractivity contribution < 1.29 is 27.5 Å². The number of hydrogen-bond acceptors (Lipinski definition) is 6. The maximum atomic E-state index is 14.4.